The van der Waals surface area contributed by atoms with E-state index < -0.39 is 55.2 Å². The fraction of sp³-hybridized carbons (Fsp3) is 0.438. The third kappa shape index (κ3) is 3.19. The summed E-state index contributed by atoms with van der Waals surface area (Å²) in [5.74, 6) is 0. The lowest BCUT2D eigenvalue weighted by Crippen LogP contribution is -2.28. The van der Waals surface area contributed by atoms with Gasteiger partial charge >= 0.3 is 6.09 Å². The molecule has 21 heavy (non-hydrogen) atoms. The lowest BCUT2D eigenvalue weighted by Gasteiger charge is -2.09. The van der Waals surface area contributed by atoms with Gasteiger partial charge in [0, 0.05) is 29.1 Å². The summed E-state index contributed by atoms with van der Waals surface area (Å²) in [6.07, 6.45) is -3.37. The number of hydrogen-bond acceptors (Lipinski definition) is 3. The van der Waals surface area contributed by atoms with Crippen LogP contribution in [0.3, 0.4) is 0 Å². The molecule has 2 heterocycles. The summed E-state index contributed by atoms with van der Waals surface area (Å²) in [6.45, 7) is -4.98. The first-order valence-corrected chi connectivity index (χ1v) is 6.26. The van der Waals surface area contributed by atoms with Crippen molar-refractivity contribution in [2.45, 2.75) is 18.8 Å². The van der Waals surface area contributed by atoms with E-state index >= 15 is 0 Å². The zero-order valence-corrected chi connectivity index (χ0v) is 11.5. The second-order valence-corrected chi connectivity index (χ2v) is 4.66. The number of amides is 1. The number of alkyl carbamates (subject to hydrolysis) is 1. The van der Waals surface area contributed by atoms with E-state index in [0.29, 0.717) is 0 Å². The number of carbonyl (C=O) groups is 1. The Morgan fingerprint density at radius 2 is 2.48 bits per heavy atom. The number of hydrogen-bond donors (Lipinski definition) is 2. The van der Waals surface area contributed by atoms with Crippen LogP contribution in [0.1, 0.15) is 24.8 Å². The number of carbonyl (C=O) groups excluding carboxylic acids is 1. The molecule has 1 saturated heterocycles. The molecule has 5 nitrogen and oxygen atoms in total. The minimum atomic E-state index is -3.16. The zero-order valence-electron chi connectivity index (χ0n) is 21.5. The molecule has 1 fully saturated rings. The Balaban J connectivity index is 2.29. The number of aromatic nitrogens is 1. The van der Waals surface area contributed by atoms with Gasteiger partial charge in [-0.3, -0.25) is 0 Å². The topological polar surface area (TPSA) is 57.4 Å². The van der Waals surface area contributed by atoms with Crippen molar-refractivity contribution in [1.82, 2.24) is 15.2 Å². The van der Waals surface area contributed by atoms with E-state index in [9.17, 15) is 4.79 Å². The third-order valence-corrected chi connectivity index (χ3v) is 2.83. The minimum Gasteiger partial charge on any atom is -0.447 e. The van der Waals surface area contributed by atoms with Crippen LogP contribution in [0.4, 0.5) is 4.79 Å². The van der Waals surface area contributed by atoms with Gasteiger partial charge in [-0.2, -0.15) is 0 Å². The molecule has 1 aliphatic heterocycles. The number of fused-ring (bicyclic) bond motifs is 1. The maximum atomic E-state index is 11.6. The molecule has 0 unspecified atom stereocenters. The molecule has 1 amide bonds. The number of benzene rings is 1. The van der Waals surface area contributed by atoms with Crippen LogP contribution in [0.15, 0.2) is 24.3 Å². The Morgan fingerprint density at radius 1 is 1.62 bits per heavy atom. The van der Waals surface area contributed by atoms with E-state index in [2.05, 4.69) is 9.72 Å². The van der Waals surface area contributed by atoms with Crippen LogP contribution in [0.5, 0.6) is 0 Å². The molecule has 5 heteroatoms. The molecule has 1 aromatic heterocycles. The van der Waals surface area contributed by atoms with Gasteiger partial charge in [0.2, 0.25) is 0 Å². The first kappa shape index (κ1) is 6.40. The van der Waals surface area contributed by atoms with Gasteiger partial charge in [-0.15, -0.1) is 0 Å². The van der Waals surface area contributed by atoms with Crippen LogP contribution in [0.2, 0.25) is 0 Å². The van der Waals surface area contributed by atoms with E-state index in [0.717, 1.165) is 0 Å². The lowest BCUT2D eigenvalue weighted by molar-refractivity contribution is 0.177. The van der Waals surface area contributed by atoms with Crippen LogP contribution in [0, 0.1) is 0 Å². The van der Waals surface area contributed by atoms with Crippen molar-refractivity contribution in [3.05, 3.63) is 35.5 Å². The predicted octanol–water partition coefficient (Wildman–Crippen LogP) is 1.92. The van der Waals surface area contributed by atoms with E-state index in [4.69, 9.17) is 13.7 Å². The molecule has 3 rings (SSSR count). The van der Waals surface area contributed by atoms with Crippen molar-refractivity contribution in [3.63, 3.8) is 0 Å². The SMILES string of the molecule is [2H]c1c(C([2H])([2H])[C@]2([2H])NC(=O)OC2([2H])[2H])c([2H])c2c(CC([2H])([2H])N(C)C)c[nH]c2c1[2H]. The highest BCUT2D eigenvalue weighted by Crippen LogP contribution is 2.21. The van der Waals surface area contributed by atoms with Crippen molar-refractivity contribution in [2.75, 3.05) is 27.2 Å². The summed E-state index contributed by atoms with van der Waals surface area (Å²) in [5, 5.41) is 1.78. The number of aryl methyl sites for hydroxylation is 1. The maximum absolute atomic E-state index is 11.6. The van der Waals surface area contributed by atoms with Crippen LogP contribution < -0.4 is 5.32 Å². The number of aromatic amines is 1. The van der Waals surface area contributed by atoms with Gasteiger partial charge in [0.1, 0.15) is 6.56 Å². The summed E-state index contributed by atoms with van der Waals surface area (Å²) < 4.78 is 86.6. The fourth-order valence-electron chi connectivity index (χ4n) is 1.86. The average molecular weight is 297 g/mol. The summed E-state index contributed by atoms with van der Waals surface area (Å²) in [7, 11) is 3.04. The molecule has 1 aromatic carbocycles. The normalized spacial score (nSPS) is 32.4. The van der Waals surface area contributed by atoms with Crippen LogP contribution >= 0.6 is 0 Å². The molecule has 2 N–H and O–H groups in total. The number of cyclic esters (lactones) is 1. The molecule has 1 aliphatic rings. The molecule has 0 aliphatic carbocycles. The van der Waals surface area contributed by atoms with Crippen molar-refractivity contribution in [2.24, 2.45) is 0 Å². The highest BCUT2D eigenvalue weighted by molar-refractivity contribution is 5.84. The van der Waals surface area contributed by atoms with Crippen LogP contribution in [0.25, 0.3) is 10.9 Å². The number of likely N-dealkylation sites (N-methyl/N-ethyl adjacent to an activating group) is 1. The van der Waals surface area contributed by atoms with Gasteiger partial charge in [0.25, 0.3) is 0 Å². The smallest absolute Gasteiger partial charge is 0.407 e. The Kier molecular flexibility index (Phi) is 1.76. The summed E-state index contributed by atoms with van der Waals surface area (Å²) >= 11 is 0. The number of ether oxygens (including phenoxy) is 1. The molecule has 2 aromatic rings. The Labute approximate surface area is 138 Å². The van der Waals surface area contributed by atoms with Crippen molar-refractivity contribution >= 4 is 17.0 Å². The maximum Gasteiger partial charge on any atom is 0.407 e. The Hall–Kier alpha value is -2.01. The summed E-state index contributed by atoms with van der Waals surface area (Å²) in [6, 6.07) is -4.90. The molecule has 112 valence electrons. The fourth-order valence-corrected chi connectivity index (χ4v) is 1.86. The molecular formula is C16H21N3O2. The molecule has 0 spiro atoms. The number of nitrogens with zero attached hydrogens (tertiary/aromatic N) is 1. The Bertz CT molecular complexity index is 1070. The second-order valence-electron chi connectivity index (χ2n) is 4.66. The van der Waals surface area contributed by atoms with E-state index in [1.54, 1.807) is 5.32 Å². The van der Waals surface area contributed by atoms with Gasteiger partial charge in [-0.1, -0.05) is 6.04 Å². The number of nitrogens with one attached hydrogen (secondary N) is 2. The summed E-state index contributed by atoms with van der Waals surface area (Å²) in [4.78, 5) is 15.6. The molecule has 0 radical (unpaired) electrons. The molecule has 1 atom stereocenters. The van der Waals surface area contributed by atoms with Gasteiger partial charge in [0.15, 0.2) is 0 Å². The first-order valence-electron chi connectivity index (χ1n) is 11.3. The highest BCUT2D eigenvalue weighted by Gasteiger charge is 2.22. The quantitative estimate of drug-likeness (QED) is 0.886. The highest BCUT2D eigenvalue weighted by atomic mass is 16.6. The molecular weight excluding hydrogens is 266 g/mol. The van der Waals surface area contributed by atoms with Gasteiger partial charge in [0.05, 0.1) is 14.2 Å². The second kappa shape index (κ2) is 5.77. The van der Waals surface area contributed by atoms with E-state index in [-0.39, 0.29) is 22.9 Å². The number of H-pyrrole nitrogens is 1. The van der Waals surface area contributed by atoms with Crippen LogP contribution in [-0.4, -0.2) is 49.1 Å². The average Bonchev–Trinajstić information content (AvgIpc) is 3.10. The summed E-state index contributed by atoms with van der Waals surface area (Å²) in [5.41, 5.74) is -0.508. The van der Waals surface area contributed by atoms with E-state index in [1.807, 2.05) is 0 Å². The third-order valence-electron chi connectivity index (χ3n) is 2.83. The zero-order chi connectivity index (χ0) is 23.7. The first-order chi connectivity index (χ1) is 14.0. The van der Waals surface area contributed by atoms with Gasteiger partial charge in [-0.25, -0.2) is 4.79 Å². The van der Waals surface area contributed by atoms with Crippen molar-refractivity contribution < 1.29 is 23.2 Å². The molecule has 0 saturated carbocycles. The number of rotatable bonds is 5. The van der Waals surface area contributed by atoms with Crippen LogP contribution in [-0.2, 0) is 17.5 Å². The standard InChI is InChI=1S/C16H21N3O2/c1-19(2)6-5-12-9-17-15-4-3-11(8-14(12)15)7-13-10-21-16(20)18-13/h3-4,8-9,13,17H,5-7,10H2,1-2H3,(H,18,20)/t13-/m0/s1/i3D,4D,6D2,7D2,8D,10D2,13D. The monoisotopic (exact) mass is 297 g/mol. The van der Waals surface area contributed by atoms with Gasteiger partial charge < -0.3 is 19.9 Å². The largest absolute Gasteiger partial charge is 0.447 e. The van der Waals surface area contributed by atoms with E-state index in [1.165, 1.54) is 25.2 Å². The Morgan fingerprint density at radius 3 is 3.19 bits per heavy atom. The molecule has 0 bridgehead atoms. The van der Waals surface area contributed by atoms with Crippen molar-refractivity contribution in [3.8, 4) is 0 Å². The van der Waals surface area contributed by atoms with Crippen molar-refractivity contribution in [1.29, 1.82) is 0 Å². The van der Waals surface area contributed by atoms with Gasteiger partial charge in [-0.05, 0) is 50.1 Å². The predicted molar refractivity (Wildman–Crippen MR) is 82.5 cm³/mol. The lowest BCUT2D eigenvalue weighted by atomic mass is 10.0. The minimum absolute atomic E-state index is 0.0139.